The van der Waals surface area contributed by atoms with Crippen LogP contribution in [0, 0.1) is 0 Å². The summed E-state index contributed by atoms with van der Waals surface area (Å²) in [6.07, 6.45) is 1.46. The van der Waals surface area contributed by atoms with Crippen LogP contribution in [0.25, 0.3) is 10.9 Å². The normalized spacial score (nSPS) is 14.2. The van der Waals surface area contributed by atoms with Gasteiger partial charge in [0.05, 0.1) is 43.2 Å². The molecule has 272 valence electrons. The Morgan fingerprint density at radius 1 is 0.846 bits per heavy atom. The fraction of sp³-hybridized carbons (Fsp3) is 0.306. The maximum atomic E-state index is 13.4. The van der Waals surface area contributed by atoms with Crippen LogP contribution in [0.5, 0.6) is 0 Å². The molecule has 0 radical (unpaired) electrons. The summed E-state index contributed by atoms with van der Waals surface area (Å²) in [7, 11) is -1.66. The van der Waals surface area contributed by atoms with E-state index in [-0.39, 0.29) is 74.9 Å². The van der Waals surface area contributed by atoms with Crippen LogP contribution in [0.4, 0.5) is 10.5 Å². The lowest BCUT2D eigenvalue weighted by atomic mass is 9.79. The van der Waals surface area contributed by atoms with Gasteiger partial charge >= 0.3 is 13.1 Å². The number of urea groups is 1. The number of aromatic amines is 1. The molecule has 1 saturated heterocycles. The van der Waals surface area contributed by atoms with Crippen molar-refractivity contribution in [3.8, 4) is 0 Å². The minimum Gasteiger partial charge on any atom is -0.423 e. The van der Waals surface area contributed by atoms with Crippen LogP contribution < -0.4 is 21.4 Å². The van der Waals surface area contributed by atoms with Gasteiger partial charge in [0, 0.05) is 61.5 Å². The number of hydrogen-bond donors (Lipinski definition) is 6. The highest BCUT2D eigenvalue weighted by molar-refractivity contribution is 6.58. The van der Waals surface area contributed by atoms with Crippen LogP contribution in [0.3, 0.4) is 0 Å². The molecule has 4 aromatic rings. The van der Waals surface area contributed by atoms with Gasteiger partial charge in [-0.1, -0.05) is 42.5 Å². The predicted octanol–water partition coefficient (Wildman–Crippen LogP) is 0.988. The number of anilines is 1. The summed E-state index contributed by atoms with van der Waals surface area (Å²) in [5.41, 5.74) is 2.19. The van der Waals surface area contributed by atoms with Gasteiger partial charge in [0.15, 0.2) is 0 Å². The van der Waals surface area contributed by atoms with Gasteiger partial charge in [0.1, 0.15) is 0 Å². The first kappa shape index (κ1) is 37.7. The van der Waals surface area contributed by atoms with Crippen molar-refractivity contribution in [1.29, 1.82) is 0 Å². The quantitative estimate of drug-likeness (QED) is 0.0450. The van der Waals surface area contributed by atoms with E-state index in [0.717, 1.165) is 0 Å². The molecule has 0 unspecified atom stereocenters. The van der Waals surface area contributed by atoms with Crippen molar-refractivity contribution in [2.75, 3.05) is 64.5 Å². The van der Waals surface area contributed by atoms with Gasteiger partial charge in [-0.05, 0) is 42.7 Å². The number of fused-ring (bicyclic) bond motifs is 1. The molecular formula is C36H41BN6O9. The van der Waals surface area contributed by atoms with E-state index in [1.807, 2.05) is 13.0 Å². The molecular weight excluding hydrogens is 671 g/mol. The Hall–Kier alpha value is -5.55. The Morgan fingerprint density at radius 2 is 1.54 bits per heavy atom. The Bertz CT molecular complexity index is 1890. The number of rotatable bonds is 15. The fourth-order valence-corrected chi connectivity index (χ4v) is 5.80. The molecule has 15 nitrogen and oxygen atoms in total. The Balaban J connectivity index is 1.00. The molecule has 2 heterocycles. The number of carbonyl (C=O) groups is 5. The minimum absolute atomic E-state index is 0.117. The van der Waals surface area contributed by atoms with Crippen LogP contribution in [-0.4, -0.2) is 127 Å². The summed E-state index contributed by atoms with van der Waals surface area (Å²) < 4.78 is 10.9. The average Bonchev–Trinajstić information content (AvgIpc) is 3.60. The van der Waals surface area contributed by atoms with E-state index in [1.54, 1.807) is 59.5 Å². The fourth-order valence-electron chi connectivity index (χ4n) is 5.80. The van der Waals surface area contributed by atoms with Crippen LogP contribution in [0.1, 0.15) is 38.0 Å². The molecule has 1 atom stereocenters. The largest absolute Gasteiger partial charge is 0.488 e. The van der Waals surface area contributed by atoms with Crippen molar-refractivity contribution >= 4 is 58.7 Å². The minimum atomic E-state index is -1.66. The number of piperazine rings is 1. The van der Waals surface area contributed by atoms with Crippen molar-refractivity contribution in [2.24, 2.45) is 0 Å². The number of amides is 5. The number of aromatic nitrogens is 1. The van der Waals surface area contributed by atoms with Crippen LogP contribution in [0.15, 0.2) is 79.0 Å². The van der Waals surface area contributed by atoms with E-state index < -0.39 is 24.8 Å². The number of para-hydroxylation sites is 1. The third kappa shape index (κ3) is 9.61. The lowest BCUT2D eigenvalue weighted by Gasteiger charge is -2.39. The van der Waals surface area contributed by atoms with Gasteiger partial charge in [0.2, 0.25) is 0 Å². The molecule has 0 bridgehead atoms. The molecule has 0 spiro atoms. The molecule has 0 aliphatic carbocycles. The van der Waals surface area contributed by atoms with Crippen molar-refractivity contribution in [2.45, 2.75) is 13.0 Å². The second-order valence-electron chi connectivity index (χ2n) is 12.1. The first-order valence-electron chi connectivity index (χ1n) is 16.9. The first-order valence-corrected chi connectivity index (χ1v) is 16.9. The second kappa shape index (κ2) is 18.1. The molecule has 1 aliphatic heterocycles. The second-order valence-corrected chi connectivity index (χ2v) is 12.1. The Morgan fingerprint density at radius 3 is 2.25 bits per heavy atom. The average molecular weight is 713 g/mol. The summed E-state index contributed by atoms with van der Waals surface area (Å²) in [4.78, 5) is 70.6. The van der Waals surface area contributed by atoms with Crippen molar-refractivity contribution < 1.29 is 43.5 Å². The molecule has 0 saturated carbocycles. The number of nitrogens with one attached hydrogen (secondary N) is 4. The maximum absolute atomic E-state index is 13.4. The summed E-state index contributed by atoms with van der Waals surface area (Å²) >= 11 is 0. The SMILES string of the molecule is C[C@@H]1CN(C(=O)c2ccccc2)CCN1C(=O)C(=O)c1c[nH]c2c(NC(=O)NCCOCCOCCNC(=O)c3cccc(B(O)O)c3)cccc12. The maximum Gasteiger partial charge on any atom is 0.488 e. The standard InChI is InChI=1S/C36H41BN6O9/c1-24-23-42(34(46)25-7-3-2-4-8-25)15-16-43(24)35(47)32(44)29-22-40-31-28(29)11-6-12-30(31)41-36(48)39-14-18-52-20-19-51-17-13-38-33(45)26-9-5-10-27(21-26)37(49)50/h2-12,21-22,24,40,49-50H,13-20,23H2,1H3,(H,38,45)(H2,39,41,48)/t24-/m1/s1. The molecule has 16 heteroatoms. The lowest BCUT2D eigenvalue weighted by molar-refractivity contribution is -0.130. The molecule has 1 aromatic heterocycles. The Kier molecular flexibility index (Phi) is 13.1. The van der Waals surface area contributed by atoms with Gasteiger partial charge in [0.25, 0.3) is 23.5 Å². The first-order chi connectivity index (χ1) is 25.1. The number of Topliss-reactive ketones (excluding diaryl/α,β-unsaturated/α-hetero) is 1. The summed E-state index contributed by atoms with van der Waals surface area (Å²) in [6.45, 7) is 4.14. The summed E-state index contributed by atoms with van der Waals surface area (Å²) in [5, 5.41) is 27.1. The number of ketones is 1. The van der Waals surface area contributed by atoms with Crippen LogP contribution >= 0.6 is 0 Å². The van der Waals surface area contributed by atoms with E-state index in [0.29, 0.717) is 40.8 Å². The van der Waals surface area contributed by atoms with Crippen LogP contribution in [0.2, 0.25) is 0 Å². The van der Waals surface area contributed by atoms with E-state index >= 15 is 0 Å². The zero-order chi connectivity index (χ0) is 37.0. The third-order valence-electron chi connectivity index (χ3n) is 8.48. The molecule has 5 amide bonds. The molecule has 52 heavy (non-hydrogen) atoms. The number of benzene rings is 3. The number of H-pyrrole nitrogens is 1. The van der Waals surface area contributed by atoms with E-state index in [1.165, 1.54) is 23.2 Å². The Labute approximate surface area is 300 Å². The van der Waals surface area contributed by atoms with Gasteiger partial charge in [-0.25, -0.2) is 4.79 Å². The molecule has 1 aliphatic rings. The third-order valence-corrected chi connectivity index (χ3v) is 8.48. The highest BCUT2D eigenvalue weighted by Crippen LogP contribution is 2.27. The van der Waals surface area contributed by atoms with Crippen molar-refractivity contribution in [1.82, 2.24) is 25.4 Å². The monoisotopic (exact) mass is 712 g/mol. The smallest absolute Gasteiger partial charge is 0.423 e. The van der Waals surface area contributed by atoms with Gasteiger partial charge in [-0.15, -0.1) is 0 Å². The molecule has 1 fully saturated rings. The molecule has 3 aromatic carbocycles. The van der Waals surface area contributed by atoms with Gasteiger partial charge < -0.3 is 50.3 Å². The highest BCUT2D eigenvalue weighted by atomic mass is 16.5. The number of nitrogens with zero attached hydrogens (tertiary/aromatic N) is 2. The topological polar surface area (TPSA) is 203 Å². The number of carbonyl (C=O) groups excluding carboxylic acids is 5. The van der Waals surface area contributed by atoms with Crippen molar-refractivity contribution in [3.05, 3.63) is 95.7 Å². The van der Waals surface area contributed by atoms with E-state index in [9.17, 15) is 34.0 Å². The number of hydrogen-bond acceptors (Lipinski definition) is 9. The van der Waals surface area contributed by atoms with E-state index in [4.69, 9.17) is 9.47 Å². The highest BCUT2D eigenvalue weighted by Gasteiger charge is 2.34. The summed E-state index contributed by atoms with van der Waals surface area (Å²) in [5.74, 6) is -1.82. The van der Waals surface area contributed by atoms with Crippen LogP contribution in [-0.2, 0) is 14.3 Å². The van der Waals surface area contributed by atoms with Gasteiger partial charge in [-0.2, -0.15) is 0 Å². The zero-order valence-electron chi connectivity index (χ0n) is 28.7. The molecule has 5 rings (SSSR count). The predicted molar refractivity (Wildman–Crippen MR) is 193 cm³/mol. The van der Waals surface area contributed by atoms with Gasteiger partial charge in [-0.3, -0.25) is 19.2 Å². The zero-order valence-corrected chi connectivity index (χ0v) is 28.7. The van der Waals surface area contributed by atoms with Crippen molar-refractivity contribution in [3.63, 3.8) is 0 Å². The van der Waals surface area contributed by atoms with E-state index in [2.05, 4.69) is 20.9 Å². The summed E-state index contributed by atoms with van der Waals surface area (Å²) in [6, 6.07) is 19.2. The molecule has 6 N–H and O–H groups in total. The lowest BCUT2D eigenvalue weighted by Crippen LogP contribution is -2.56. The number of ether oxygens (including phenoxy) is 2.